The topological polar surface area (TPSA) is 0 Å². The minimum atomic E-state index is 0. The number of rotatable bonds is 0. The average molecular weight is 496 g/mol. The van der Waals surface area contributed by atoms with Gasteiger partial charge in [0.2, 0.25) is 0 Å². The molecule has 0 saturated carbocycles. The van der Waals surface area contributed by atoms with Gasteiger partial charge in [-0.05, 0) is 0 Å². The van der Waals surface area contributed by atoms with Gasteiger partial charge in [0.25, 0.3) is 0 Å². The molecule has 0 amide bonds. The molecule has 0 aliphatic heterocycles. The van der Waals surface area contributed by atoms with Crippen LogP contribution in [0.15, 0.2) is 0 Å². The molecule has 0 radical (unpaired) electrons. The van der Waals surface area contributed by atoms with E-state index in [1.54, 1.807) is 0 Å². The molecule has 0 rings (SSSR count). The molecule has 0 spiro atoms. The first-order chi connectivity index (χ1) is 3.73. The van der Waals surface area contributed by atoms with Crippen LogP contribution in [-0.4, -0.2) is 0 Å². The van der Waals surface area contributed by atoms with Gasteiger partial charge >= 0.3 is 21.1 Å². The molecule has 0 saturated heterocycles. The van der Waals surface area contributed by atoms with Crippen LogP contribution < -0.4 is 0 Å². The molecule has 2 heteroatoms. The molecular weight excluding hydrogens is 476 g/mol. The molecule has 0 heterocycles. The number of hydrogen-bond acceptors (Lipinski definition) is 0. The van der Waals surface area contributed by atoms with Crippen molar-refractivity contribution < 1.29 is 42.1 Å². The summed E-state index contributed by atoms with van der Waals surface area (Å²) in [7, 11) is 0. The van der Waals surface area contributed by atoms with Crippen LogP contribution in [0.1, 0.15) is 41.5 Å². The quantitative estimate of drug-likeness (QED) is 0.451. The van der Waals surface area contributed by atoms with E-state index in [2.05, 4.69) is 48.5 Å². The van der Waals surface area contributed by atoms with E-state index in [0.717, 1.165) is 0 Å². The zero-order valence-corrected chi connectivity index (χ0v) is 14.4. The summed E-state index contributed by atoms with van der Waals surface area (Å²) < 4.78 is 0. The molecule has 0 aromatic heterocycles. The molecule has 0 bridgehead atoms. The second-order valence-corrected chi connectivity index (χ2v) is 4.06. The summed E-state index contributed by atoms with van der Waals surface area (Å²) in [6.45, 7) is 16.2. The molecule has 0 unspecified atom stereocenters. The van der Waals surface area contributed by atoms with Crippen molar-refractivity contribution in [2.45, 2.75) is 41.5 Å². The standard InChI is InChI=1S/C5H11.C4H9.2W/c1-5(2,3)4;1-4(2)3;;/h1H2,2-4H3;1-3H3;;/q2*-1;;+2. The van der Waals surface area contributed by atoms with Crippen molar-refractivity contribution in [2.24, 2.45) is 5.41 Å². The summed E-state index contributed by atoms with van der Waals surface area (Å²) >= 11 is 0. The summed E-state index contributed by atoms with van der Waals surface area (Å²) in [6, 6.07) is 0. The van der Waals surface area contributed by atoms with Gasteiger partial charge in [-0.25, -0.2) is 0 Å². The van der Waals surface area contributed by atoms with Crippen LogP contribution >= 0.6 is 0 Å². The maximum absolute atomic E-state index is 3.77. The van der Waals surface area contributed by atoms with Gasteiger partial charge in [-0.15, -0.1) is 0 Å². The Hall–Kier alpha value is 1.38. The Bertz CT molecular complexity index is 44.3. The third-order valence-electron chi connectivity index (χ3n) is 0. The third kappa shape index (κ3) is 528. The van der Waals surface area contributed by atoms with Crippen molar-refractivity contribution in [3.63, 3.8) is 0 Å². The second kappa shape index (κ2) is 11.4. The summed E-state index contributed by atoms with van der Waals surface area (Å²) in [5, 5.41) is 0. The van der Waals surface area contributed by atoms with Crippen molar-refractivity contribution in [1.29, 1.82) is 0 Å². The van der Waals surface area contributed by atoms with Crippen LogP contribution in [0.2, 0.25) is 0 Å². The van der Waals surface area contributed by atoms with Crippen molar-refractivity contribution >= 4 is 0 Å². The van der Waals surface area contributed by atoms with Crippen LogP contribution in [0.5, 0.6) is 0 Å². The van der Waals surface area contributed by atoms with E-state index in [1.165, 1.54) is 5.92 Å². The van der Waals surface area contributed by atoms with Gasteiger partial charge in [0, 0.05) is 21.1 Å². The van der Waals surface area contributed by atoms with E-state index in [4.69, 9.17) is 0 Å². The molecule has 0 fully saturated rings. The van der Waals surface area contributed by atoms with E-state index in [9.17, 15) is 0 Å². The molecule has 0 aliphatic carbocycles. The molecule has 0 aliphatic rings. The van der Waals surface area contributed by atoms with E-state index in [1.807, 2.05) is 0 Å². The van der Waals surface area contributed by atoms with Crippen LogP contribution in [0, 0.1) is 18.3 Å². The predicted octanol–water partition coefficient (Wildman–Crippen LogP) is 3.48. The van der Waals surface area contributed by atoms with Crippen LogP contribution in [0.4, 0.5) is 0 Å². The maximum Gasteiger partial charge on any atom is 2.00 e. The molecule has 0 N–H and O–H groups in total. The molecule has 0 aromatic rings. The average Bonchev–Trinajstić information content (AvgIpc) is 1.19. The Morgan fingerprint density at radius 1 is 1.00 bits per heavy atom. The fourth-order valence-electron chi connectivity index (χ4n) is 0. The first-order valence-corrected chi connectivity index (χ1v) is 3.35. The van der Waals surface area contributed by atoms with Crippen LogP contribution in [0.25, 0.3) is 0 Å². The first-order valence-electron chi connectivity index (χ1n) is 3.35. The SMILES string of the molecule is C[C-](C)C.[CH2-]C(C)(C)C.[W+2].[W]. The van der Waals surface area contributed by atoms with Crippen LogP contribution in [0.3, 0.4) is 0 Å². The maximum atomic E-state index is 3.77. The van der Waals surface area contributed by atoms with E-state index in [-0.39, 0.29) is 47.5 Å². The summed E-state index contributed by atoms with van der Waals surface area (Å²) in [4.78, 5) is 0. The molecule has 0 aromatic carbocycles. The Balaban J connectivity index is -0.0000000383. The zero-order valence-electron chi connectivity index (χ0n) is 8.52. The van der Waals surface area contributed by atoms with Gasteiger partial charge in [-0.3, -0.25) is 0 Å². The van der Waals surface area contributed by atoms with E-state index >= 15 is 0 Å². The molecule has 11 heavy (non-hydrogen) atoms. The van der Waals surface area contributed by atoms with Gasteiger partial charge in [-0.1, -0.05) is 20.8 Å². The van der Waals surface area contributed by atoms with Crippen molar-refractivity contribution in [3.05, 3.63) is 12.8 Å². The third-order valence-corrected chi connectivity index (χ3v) is 0. The van der Waals surface area contributed by atoms with Gasteiger partial charge < -0.3 is 12.8 Å². The first kappa shape index (κ1) is 22.8. The molecule has 0 nitrogen and oxygen atoms in total. The largest absolute Gasteiger partial charge is 2.00 e. The van der Waals surface area contributed by atoms with Crippen molar-refractivity contribution in [3.8, 4) is 0 Å². The van der Waals surface area contributed by atoms with Crippen LogP contribution in [-0.2, 0) is 42.1 Å². The summed E-state index contributed by atoms with van der Waals surface area (Å²) in [5.74, 6) is 1.42. The summed E-state index contributed by atoms with van der Waals surface area (Å²) in [6.07, 6.45) is 0. The fraction of sp³-hybridized carbons (Fsp3) is 0.778. The zero-order chi connectivity index (χ0) is 8.08. The Morgan fingerprint density at radius 3 is 1.00 bits per heavy atom. The smallest absolute Gasteiger partial charge is 0.338 e. The molecule has 0 atom stereocenters. The fourth-order valence-corrected chi connectivity index (χ4v) is 0. The minimum Gasteiger partial charge on any atom is -0.338 e. The summed E-state index contributed by atoms with van der Waals surface area (Å²) in [5.41, 5.74) is 0.250. The number of hydrogen-bond donors (Lipinski definition) is 0. The van der Waals surface area contributed by atoms with Gasteiger partial charge in [0.15, 0.2) is 0 Å². The predicted molar refractivity (Wildman–Crippen MR) is 45.1 cm³/mol. The normalized spacial score (nSPS) is 8.73. The Morgan fingerprint density at radius 2 is 1.00 bits per heavy atom. The van der Waals surface area contributed by atoms with Crippen molar-refractivity contribution in [1.82, 2.24) is 0 Å². The monoisotopic (exact) mass is 496 g/mol. The minimum absolute atomic E-state index is 0. The Kier molecular flexibility index (Phi) is 23.6. The van der Waals surface area contributed by atoms with Gasteiger partial charge in [0.1, 0.15) is 0 Å². The van der Waals surface area contributed by atoms with Gasteiger partial charge in [0.05, 0.1) is 0 Å². The van der Waals surface area contributed by atoms with Crippen molar-refractivity contribution in [2.75, 3.05) is 0 Å². The Labute approximate surface area is 101 Å². The van der Waals surface area contributed by atoms with E-state index < -0.39 is 0 Å². The molecular formula is C9H20W2. The van der Waals surface area contributed by atoms with E-state index in [0.29, 0.717) is 0 Å². The molecule has 68 valence electrons. The second-order valence-electron chi connectivity index (χ2n) is 4.06. The van der Waals surface area contributed by atoms with Gasteiger partial charge in [-0.2, -0.15) is 26.2 Å².